The van der Waals surface area contributed by atoms with Crippen LogP contribution in [-0.4, -0.2) is 30.9 Å². The van der Waals surface area contributed by atoms with E-state index in [4.69, 9.17) is 0 Å². The number of nitrogens with zero attached hydrogens (tertiary/aromatic N) is 2. The van der Waals surface area contributed by atoms with Crippen LogP contribution in [0.3, 0.4) is 0 Å². The third kappa shape index (κ3) is 4.53. The van der Waals surface area contributed by atoms with E-state index in [0.717, 1.165) is 16.6 Å². The van der Waals surface area contributed by atoms with Gasteiger partial charge in [-0.05, 0) is 40.0 Å². The highest BCUT2D eigenvalue weighted by molar-refractivity contribution is 9.10. The number of rotatable bonds is 5. The lowest BCUT2D eigenvalue weighted by molar-refractivity contribution is -0.460. The number of carbonyl (C=O) groups is 1. The molecule has 0 fully saturated rings. The second-order valence-electron chi connectivity index (χ2n) is 5.28. The van der Waals surface area contributed by atoms with Crippen LogP contribution < -0.4 is 4.90 Å². The van der Waals surface area contributed by atoms with Crippen LogP contribution in [0.1, 0.15) is 12.0 Å². The van der Waals surface area contributed by atoms with Gasteiger partial charge in [-0.2, -0.15) is 4.90 Å². The molecule has 0 N–H and O–H groups in total. The molecule has 2 aromatic rings. The van der Waals surface area contributed by atoms with Gasteiger partial charge in [-0.1, -0.05) is 42.5 Å². The van der Waals surface area contributed by atoms with Gasteiger partial charge in [-0.15, -0.1) is 0 Å². The number of halogens is 1. The van der Waals surface area contributed by atoms with Gasteiger partial charge in [-0.25, -0.2) is 4.79 Å². The Bertz CT molecular complexity index is 664. The van der Waals surface area contributed by atoms with Crippen LogP contribution in [0.2, 0.25) is 0 Å². The quantitative estimate of drug-likeness (QED) is 0.453. The monoisotopic (exact) mass is 359 g/mol. The molecule has 22 heavy (non-hydrogen) atoms. The van der Waals surface area contributed by atoms with Gasteiger partial charge in [0.15, 0.2) is 0 Å². The Hall–Kier alpha value is -1.94. The number of aryl methyl sites for hydroxylation is 1. The van der Waals surface area contributed by atoms with Crippen LogP contribution in [0.4, 0.5) is 5.69 Å². The van der Waals surface area contributed by atoms with Crippen LogP contribution >= 0.6 is 15.9 Å². The number of amides is 1. The summed E-state index contributed by atoms with van der Waals surface area (Å²) in [6.07, 6.45) is 3.02. The lowest BCUT2D eigenvalue weighted by Gasteiger charge is -2.13. The van der Waals surface area contributed by atoms with Gasteiger partial charge in [0.1, 0.15) is 5.69 Å². The van der Waals surface area contributed by atoms with E-state index in [1.54, 1.807) is 4.90 Å². The maximum absolute atomic E-state index is 12.7. The van der Waals surface area contributed by atoms with Crippen molar-refractivity contribution in [3.8, 4) is 0 Å². The fourth-order valence-corrected chi connectivity index (χ4v) is 2.63. The third-order valence-electron chi connectivity index (χ3n) is 3.20. The fourth-order valence-electron chi connectivity index (χ4n) is 2.16. The van der Waals surface area contributed by atoms with Crippen molar-refractivity contribution in [3.63, 3.8) is 0 Å². The Balaban J connectivity index is 2.17. The minimum absolute atomic E-state index is 0.0736. The highest BCUT2D eigenvalue weighted by Gasteiger charge is 2.23. The van der Waals surface area contributed by atoms with E-state index < -0.39 is 0 Å². The van der Waals surface area contributed by atoms with Crippen molar-refractivity contribution in [2.45, 2.75) is 12.8 Å². The van der Waals surface area contributed by atoms with Gasteiger partial charge in [0.2, 0.25) is 6.34 Å². The van der Waals surface area contributed by atoms with Gasteiger partial charge < -0.3 is 0 Å². The maximum atomic E-state index is 12.7. The van der Waals surface area contributed by atoms with Gasteiger partial charge >= 0.3 is 5.91 Å². The highest BCUT2D eigenvalue weighted by Crippen LogP contribution is 2.25. The Kier molecular flexibility index (Phi) is 5.90. The Morgan fingerprint density at radius 3 is 2.36 bits per heavy atom. The first-order valence-corrected chi connectivity index (χ1v) is 7.99. The first-order chi connectivity index (χ1) is 10.6. The SMILES string of the molecule is C[N+](C)=CN(C(=O)CCc1ccccc1)c1ccccc1Br. The molecule has 0 saturated carbocycles. The molecule has 0 atom stereocenters. The van der Waals surface area contributed by atoms with E-state index in [0.29, 0.717) is 6.42 Å². The normalized spacial score (nSPS) is 10.1. The second kappa shape index (κ2) is 7.90. The van der Waals surface area contributed by atoms with Crippen molar-refractivity contribution in [2.75, 3.05) is 19.0 Å². The summed E-state index contributed by atoms with van der Waals surface area (Å²) >= 11 is 3.52. The van der Waals surface area contributed by atoms with Crippen LogP contribution in [0.15, 0.2) is 59.1 Å². The molecule has 1 amide bonds. The predicted octanol–water partition coefficient (Wildman–Crippen LogP) is 3.72. The highest BCUT2D eigenvalue weighted by atomic mass is 79.9. The number of para-hydroxylation sites is 1. The van der Waals surface area contributed by atoms with E-state index >= 15 is 0 Å². The largest absolute Gasteiger partial charge is 0.314 e. The van der Waals surface area contributed by atoms with Crippen molar-refractivity contribution in [1.82, 2.24) is 0 Å². The summed E-state index contributed by atoms with van der Waals surface area (Å²) in [6.45, 7) is 0. The fraction of sp³-hybridized carbons (Fsp3) is 0.222. The molecule has 0 bridgehead atoms. The molecule has 4 heteroatoms. The smallest absolute Gasteiger partial charge is 0.273 e. The maximum Gasteiger partial charge on any atom is 0.314 e. The molecule has 0 heterocycles. The van der Waals surface area contributed by atoms with E-state index in [9.17, 15) is 4.79 Å². The molecule has 0 unspecified atom stereocenters. The molecule has 2 aromatic carbocycles. The zero-order valence-corrected chi connectivity index (χ0v) is 14.5. The first-order valence-electron chi connectivity index (χ1n) is 7.20. The molecule has 0 radical (unpaired) electrons. The van der Waals surface area contributed by atoms with Crippen molar-refractivity contribution in [3.05, 3.63) is 64.6 Å². The predicted molar refractivity (Wildman–Crippen MR) is 94.6 cm³/mol. The van der Waals surface area contributed by atoms with Gasteiger partial charge in [0, 0.05) is 0 Å². The number of hydrogen-bond donors (Lipinski definition) is 0. The summed E-state index contributed by atoms with van der Waals surface area (Å²) in [7, 11) is 3.82. The Morgan fingerprint density at radius 1 is 1.09 bits per heavy atom. The molecule has 0 saturated heterocycles. The minimum atomic E-state index is 0.0736. The molecule has 2 rings (SSSR count). The molecule has 114 valence electrons. The summed E-state index contributed by atoms with van der Waals surface area (Å²) < 4.78 is 2.78. The Labute approximate surface area is 140 Å². The topological polar surface area (TPSA) is 23.3 Å². The zero-order valence-electron chi connectivity index (χ0n) is 12.9. The first kappa shape index (κ1) is 16.4. The number of anilines is 1. The Morgan fingerprint density at radius 2 is 1.73 bits per heavy atom. The molecule has 3 nitrogen and oxygen atoms in total. The average molecular weight is 360 g/mol. The van der Waals surface area contributed by atoms with Gasteiger partial charge in [0.25, 0.3) is 0 Å². The van der Waals surface area contributed by atoms with E-state index in [-0.39, 0.29) is 5.91 Å². The molecular formula is C18H20BrN2O+. The zero-order chi connectivity index (χ0) is 15.9. The summed E-state index contributed by atoms with van der Waals surface area (Å²) in [5.74, 6) is 0.0736. The average Bonchev–Trinajstić information content (AvgIpc) is 2.52. The van der Waals surface area contributed by atoms with Crippen LogP contribution in [-0.2, 0) is 11.2 Å². The number of benzene rings is 2. The van der Waals surface area contributed by atoms with Crippen molar-refractivity contribution < 1.29 is 9.37 Å². The lowest BCUT2D eigenvalue weighted by Crippen LogP contribution is -2.33. The number of hydrogen-bond acceptors (Lipinski definition) is 1. The summed E-state index contributed by atoms with van der Waals surface area (Å²) in [4.78, 5) is 14.4. The van der Waals surface area contributed by atoms with Crippen LogP contribution in [0.5, 0.6) is 0 Å². The summed E-state index contributed by atoms with van der Waals surface area (Å²) in [5.41, 5.74) is 2.03. The summed E-state index contributed by atoms with van der Waals surface area (Å²) in [6, 6.07) is 17.8. The minimum Gasteiger partial charge on any atom is -0.273 e. The molecule has 0 aliphatic carbocycles. The third-order valence-corrected chi connectivity index (χ3v) is 3.87. The van der Waals surface area contributed by atoms with Gasteiger partial charge in [0.05, 0.1) is 25.0 Å². The van der Waals surface area contributed by atoms with E-state index in [1.807, 2.05) is 79.6 Å². The van der Waals surface area contributed by atoms with Crippen molar-refractivity contribution in [2.24, 2.45) is 0 Å². The van der Waals surface area contributed by atoms with Crippen LogP contribution in [0, 0.1) is 0 Å². The molecular weight excluding hydrogens is 340 g/mol. The molecule has 0 spiro atoms. The number of carbonyl (C=O) groups excluding carboxylic acids is 1. The molecule has 0 aliphatic heterocycles. The van der Waals surface area contributed by atoms with Crippen LogP contribution in [0.25, 0.3) is 0 Å². The van der Waals surface area contributed by atoms with E-state index in [2.05, 4.69) is 15.9 Å². The molecule has 0 aliphatic rings. The van der Waals surface area contributed by atoms with Crippen molar-refractivity contribution in [1.29, 1.82) is 0 Å². The summed E-state index contributed by atoms with van der Waals surface area (Å²) in [5, 5.41) is 0. The standard InChI is InChI=1S/C18H20BrN2O/c1-20(2)14-21(17-11-7-6-10-16(17)19)18(22)13-12-15-8-4-3-5-9-15/h3-11,14H,12-13H2,1-2H3/q+1. The van der Waals surface area contributed by atoms with Crippen molar-refractivity contribution >= 4 is 33.9 Å². The molecule has 0 aromatic heterocycles. The van der Waals surface area contributed by atoms with E-state index in [1.165, 1.54) is 5.56 Å². The van der Waals surface area contributed by atoms with Gasteiger partial charge in [-0.3, -0.25) is 4.58 Å². The second-order valence-corrected chi connectivity index (χ2v) is 6.13. The lowest BCUT2D eigenvalue weighted by atomic mass is 10.1.